The molecule has 1 amide bonds. The third-order valence-electron chi connectivity index (χ3n) is 7.65. The van der Waals surface area contributed by atoms with Gasteiger partial charge in [-0.25, -0.2) is 27.2 Å². The average molecular weight is 601 g/mol. The Morgan fingerprint density at radius 3 is 2.54 bits per heavy atom. The van der Waals surface area contributed by atoms with Crippen LogP contribution in [0.1, 0.15) is 62.6 Å². The third kappa shape index (κ3) is 4.83. The van der Waals surface area contributed by atoms with Crippen molar-refractivity contribution in [2.75, 3.05) is 13.1 Å². The highest BCUT2D eigenvalue weighted by Gasteiger charge is 2.47. The van der Waals surface area contributed by atoms with Crippen LogP contribution in [0.5, 0.6) is 0 Å². The van der Waals surface area contributed by atoms with E-state index < -0.39 is 27.0 Å². The second-order valence-electron chi connectivity index (χ2n) is 10.7. The fraction of sp³-hybridized carbons (Fsp3) is 0.462. The lowest BCUT2D eigenvalue weighted by Crippen LogP contribution is -2.40. The summed E-state index contributed by atoms with van der Waals surface area (Å²) in [5, 5.41) is 18.0. The minimum Gasteiger partial charge on any atom is -0.342 e. The minimum atomic E-state index is -4.07. The Balaban J connectivity index is 1.49. The zero-order chi connectivity index (χ0) is 29.1. The van der Waals surface area contributed by atoms with Crippen LogP contribution < -0.4 is 4.72 Å². The van der Waals surface area contributed by atoms with E-state index in [1.54, 1.807) is 6.07 Å². The topological polar surface area (TPSA) is 147 Å². The number of fused-ring (bicyclic) bond motifs is 3. The van der Waals surface area contributed by atoms with Gasteiger partial charge in [0, 0.05) is 35.7 Å². The van der Waals surface area contributed by atoms with Crippen molar-refractivity contribution >= 4 is 49.2 Å². The Hall–Kier alpha value is -3.61. The van der Waals surface area contributed by atoms with Gasteiger partial charge in [-0.05, 0) is 37.8 Å². The second kappa shape index (κ2) is 10.0. The highest BCUT2D eigenvalue weighted by Crippen LogP contribution is 2.40. The molecule has 4 aromatic rings. The van der Waals surface area contributed by atoms with Crippen molar-refractivity contribution in [3.05, 3.63) is 35.2 Å². The van der Waals surface area contributed by atoms with Crippen molar-refractivity contribution < 1.29 is 22.0 Å². The minimum absolute atomic E-state index is 0.00256. The van der Waals surface area contributed by atoms with E-state index in [0.717, 1.165) is 5.69 Å². The molecule has 1 saturated heterocycles. The summed E-state index contributed by atoms with van der Waals surface area (Å²) in [6, 6.07) is 6.55. The summed E-state index contributed by atoms with van der Waals surface area (Å²) >= 11 is 0.691. The maximum absolute atomic E-state index is 13.4. The van der Waals surface area contributed by atoms with Crippen molar-refractivity contribution in [3.8, 4) is 11.2 Å². The first-order chi connectivity index (χ1) is 19.5. The normalized spacial score (nSPS) is 17.5. The van der Waals surface area contributed by atoms with Crippen LogP contribution in [0.2, 0.25) is 0 Å². The summed E-state index contributed by atoms with van der Waals surface area (Å²) in [6.07, 6.45) is 0.784. The van der Waals surface area contributed by atoms with Crippen LogP contribution in [0.3, 0.4) is 0 Å². The lowest BCUT2D eigenvalue weighted by Gasteiger charge is -2.33. The number of hydrogen-bond donors (Lipinski definition) is 1. The number of nitrogens with zero attached hydrogens (tertiary/aromatic N) is 7. The predicted octanol–water partition coefficient (Wildman–Crippen LogP) is 4.06. The second-order valence-corrected chi connectivity index (χ2v) is 13.4. The van der Waals surface area contributed by atoms with Gasteiger partial charge in [-0.1, -0.05) is 31.3 Å². The highest BCUT2D eigenvalue weighted by atomic mass is 32.2. The van der Waals surface area contributed by atoms with Crippen molar-refractivity contribution in [2.24, 2.45) is 5.92 Å². The Morgan fingerprint density at radius 1 is 1.20 bits per heavy atom. The van der Waals surface area contributed by atoms with Crippen LogP contribution in [0.25, 0.3) is 27.1 Å². The molecular weight excluding hydrogens is 574 g/mol. The highest BCUT2D eigenvalue weighted by molar-refractivity contribution is 7.89. The molecule has 41 heavy (non-hydrogen) atoms. The van der Waals surface area contributed by atoms with Crippen molar-refractivity contribution in [3.63, 3.8) is 0 Å². The monoisotopic (exact) mass is 600 g/mol. The molecule has 0 atom stereocenters. The number of hydrogen-bond acceptors (Lipinski definition) is 9. The molecule has 1 aromatic carbocycles. The lowest BCUT2D eigenvalue weighted by atomic mass is 9.90. The number of likely N-dealkylation sites (tertiary alicyclic amines) is 1. The van der Waals surface area contributed by atoms with Crippen LogP contribution in [0.4, 0.5) is 8.78 Å². The molecule has 1 aliphatic heterocycles. The molecule has 15 heteroatoms. The van der Waals surface area contributed by atoms with E-state index in [0.29, 0.717) is 72.0 Å². The van der Waals surface area contributed by atoms with Crippen molar-refractivity contribution in [2.45, 2.75) is 62.3 Å². The van der Waals surface area contributed by atoms with Gasteiger partial charge in [0.25, 0.3) is 6.43 Å². The molecule has 1 aliphatic carbocycles. The molecule has 0 bridgehead atoms. The molecule has 2 fully saturated rings. The van der Waals surface area contributed by atoms with Gasteiger partial charge in [-0.15, -0.1) is 10.2 Å². The zero-order valence-electron chi connectivity index (χ0n) is 22.2. The first-order valence-corrected chi connectivity index (χ1v) is 15.5. The fourth-order valence-corrected chi connectivity index (χ4v) is 7.44. The number of amides is 1. The Bertz CT molecular complexity index is 1820. The smallest absolute Gasteiger partial charge is 0.291 e. The van der Waals surface area contributed by atoms with E-state index in [-0.39, 0.29) is 27.8 Å². The Labute approximate surface area is 238 Å². The fourth-order valence-electron chi connectivity index (χ4n) is 5.33. The molecule has 3 aromatic heterocycles. The molecule has 1 N–H and O–H groups in total. The largest absolute Gasteiger partial charge is 0.342 e. The van der Waals surface area contributed by atoms with Crippen LogP contribution >= 0.6 is 11.3 Å². The first kappa shape index (κ1) is 27.6. The molecule has 2 aliphatic rings. The number of carbonyl (C=O) groups excluding carboxylic acids is 1. The molecule has 6 rings (SSSR count). The van der Waals surface area contributed by atoms with Crippen LogP contribution in [-0.2, 0) is 14.8 Å². The molecule has 0 unspecified atom stereocenters. The predicted molar refractivity (Wildman–Crippen MR) is 146 cm³/mol. The average Bonchev–Trinajstić information content (AvgIpc) is 3.39. The van der Waals surface area contributed by atoms with E-state index in [9.17, 15) is 27.3 Å². The number of piperidine rings is 1. The number of sulfonamides is 1. The first-order valence-electron chi connectivity index (χ1n) is 13.2. The van der Waals surface area contributed by atoms with Crippen LogP contribution in [-0.4, -0.2) is 62.6 Å². The standard InChI is InChI=1S/C26H26F2N8O3S2/c1-14(2)24(37)35-9-5-15(6-10-35)20-19-17-4-3-16(41(38,39)34-26(12-29)7-8-26)11-18(17)36(22(19)31-13-30-20)25-33-32-23(40-25)21(27)28/h3-4,11,13-15,21,34H,5-10H2,1-2H3. The maximum Gasteiger partial charge on any atom is 0.291 e. The van der Waals surface area contributed by atoms with E-state index >= 15 is 0 Å². The number of aromatic nitrogens is 5. The summed E-state index contributed by atoms with van der Waals surface area (Å²) < 4.78 is 57.4. The molecule has 4 heterocycles. The van der Waals surface area contributed by atoms with E-state index in [1.165, 1.54) is 23.0 Å². The summed E-state index contributed by atoms with van der Waals surface area (Å²) in [7, 11) is -4.07. The SMILES string of the molecule is CC(C)C(=O)N1CCC(c2ncnc3c2c2ccc(S(=O)(=O)NC4(C#N)CC4)cc2n3-c2nnc(C(F)F)s2)CC1. The number of carbonyl (C=O) groups is 1. The van der Waals surface area contributed by atoms with Crippen LogP contribution in [0.15, 0.2) is 29.4 Å². The molecule has 214 valence electrons. The number of nitriles is 1. The summed E-state index contributed by atoms with van der Waals surface area (Å²) in [5.41, 5.74) is 0.400. The number of halogens is 2. The number of alkyl halides is 2. The number of nitrogens with one attached hydrogen (secondary N) is 1. The van der Waals surface area contributed by atoms with Crippen molar-refractivity contribution in [1.29, 1.82) is 5.26 Å². The quantitative estimate of drug-likeness (QED) is 0.334. The van der Waals surface area contributed by atoms with Gasteiger partial charge in [-0.3, -0.25) is 9.36 Å². The molecule has 1 saturated carbocycles. The van der Waals surface area contributed by atoms with Gasteiger partial charge in [-0.2, -0.15) is 9.98 Å². The summed E-state index contributed by atoms with van der Waals surface area (Å²) in [5.74, 6) is 0.00573. The van der Waals surface area contributed by atoms with Gasteiger partial charge < -0.3 is 4.90 Å². The van der Waals surface area contributed by atoms with Gasteiger partial charge in [0.15, 0.2) is 10.7 Å². The molecule has 11 nitrogen and oxygen atoms in total. The Morgan fingerprint density at radius 2 is 1.93 bits per heavy atom. The van der Waals surface area contributed by atoms with E-state index in [2.05, 4.69) is 24.9 Å². The lowest BCUT2D eigenvalue weighted by molar-refractivity contribution is -0.135. The summed E-state index contributed by atoms with van der Waals surface area (Å²) in [4.78, 5) is 23.4. The van der Waals surface area contributed by atoms with Gasteiger partial charge in [0.1, 0.15) is 11.9 Å². The zero-order valence-corrected chi connectivity index (χ0v) is 23.8. The number of benzene rings is 1. The van der Waals surface area contributed by atoms with Crippen LogP contribution in [0, 0.1) is 17.2 Å². The van der Waals surface area contributed by atoms with Gasteiger partial charge in [0.05, 0.1) is 22.2 Å². The third-order valence-corrected chi connectivity index (χ3v) is 10.1. The molecular formula is C26H26F2N8O3S2. The molecule has 0 spiro atoms. The van der Waals surface area contributed by atoms with Gasteiger partial charge in [0.2, 0.25) is 21.1 Å². The maximum atomic E-state index is 13.4. The molecule has 0 radical (unpaired) electrons. The van der Waals surface area contributed by atoms with Gasteiger partial charge >= 0.3 is 0 Å². The van der Waals surface area contributed by atoms with E-state index in [4.69, 9.17) is 0 Å². The van der Waals surface area contributed by atoms with Crippen molar-refractivity contribution in [1.82, 2.24) is 34.4 Å². The Kier molecular flexibility index (Phi) is 6.74. The van der Waals surface area contributed by atoms with E-state index in [1.807, 2.05) is 24.8 Å². The summed E-state index contributed by atoms with van der Waals surface area (Å²) in [6.45, 7) is 4.90. The number of rotatable bonds is 7.